The molecule has 0 aliphatic heterocycles. The maximum absolute atomic E-state index is 14.6. The number of benzene rings is 2. The summed E-state index contributed by atoms with van der Waals surface area (Å²) in [6.45, 7) is 11.3. The Hall–Kier alpha value is -4.25. The second-order valence-corrected chi connectivity index (χ2v) is 7.56. The van der Waals surface area contributed by atoms with Crippen molar-refractivity contribution in [3.8, 4) is 11.3 Å². The Morgan fingerprint density at radius 3 is 2.72 bits per heavy atom. The van der Waals surface area contributed by atoms with E-state index in [1.807, 2.05) is 37.4 Å². The van der Waals surface area contributed by atoms with E-state index >= 15 is 0 Å². The van der Waals surface area contributed by atoms with Gasteiger partial charge in [-0.05, 0) is 48.7 Å². The van der Waals surface area contributed by atoms with Gasteiger partial charge in [0.1, 0.15) is 11.5 Å². The van der Waals surface area contributed by atoms with Crippen molar-refractivity contribution >= 4 is 11.6 Å². The highest BCUT2D eigenvalue weighted by Gasteiger charge is 2.11. The highest BCUT2D eigenvalue weighted by atomic mass is 19.1. The lowest BCUT2D eigenvalue weighted by Gasteiger charge is -2.08. The first-order valence-electron chi connectivity index (χ1n) is 10.0. The van der Waals surface area contributed by atoms with E-state index in [-0.39, 0.29) is 18.1 Å². The van der Waals surface area contributed by atoms with Gasteiger partial charge in [-0.25, -0.2) is 9.24 Å². The van der Waals surface area contributed by atoms with Crippen molar-refractivity contribution in [1.29, 1.82) is 0 Å². The molecule has 0 atom stereocenters. The molecule has 0 unspecified atom stereocenters. The van der Waals surface area contributed by atoms with E-state index in [2.05, 4.69) is 25.5 Å². The smallest absolute Gasteiger partial charge is 0.272 e. The van der Waals surface area contributed by atoms with Gasteiger partial charge in [0.05, 0.1) is 18.8 Å². The normalized spacial score (nSPS) is 10.7. The van der Waals surface area contributed by atoms with E-state index in [1.165, 1.54) is 6.07 Å². The second-order valence-electron chi connectivity index (χ2n) is 7.56. The van der Waals surface area contributed by atoms with Gasteiger partial charge >= 0.3 is 0 Å². The van der Waals surface area contributed by atoms with Gasteiger partial charge < -0.3 is 5.32 Å². The maximum atomic E-state index is 14.6. The molecule has 0 aliphatic carbocycles. The predicted molar refractivity (Wildman–Crippen MR) is 119 cm³/mol. The van der Waals surface area contributed by atoms with Crippen molar-refractivity contribution in [3.63, 3.8) is 0 Å². The van der Waals surface area contributed by atoms with Crippen LogP contribution in [0.2, 0.25) is 0 Å². The molecule has 0 bridgehead atoms. The summed E-state index contributed by atoms with van der Waals surface area (Å²) < 4.78 is 16.3. The highest BCUT2D eigenvalue weighted by molar-refractivity contribution is 5.92. The maximum Gasteiger partial charge on any atom is 0.272 e. The van der Waals surface area contributed by atoms with Crippen LogP contribution in [0, 0.1) is 26.2 Å². The number of nitrogens with one attached hydrogen (secondary N) is 2. The van der Waals surface area contributed by atoms with Crippen LogP contribution in [0.5, 0.6) is 0 Å². The molecule has 1 amide bonds. The van der Waals surface area contributed by atoms with Crippen molar-refractivity contribution in [1.82, 2.24) is 25.3 Å². The van der Waals surface area contributed by atoms with Crippen LogP contribution in [0.4, 0.5) is 10.1 Å². The third-order valence-corrected chi connectivity index (χ3v) is 5.09. The largest absolute Gasteiger partial charge is 0.346 e. The molecule has 0 spiro atoms. The van der Waals surface area contributed by atoms with E-state index in [4.69, 9.17) is 6.57 Å². The van der Waals surface area contributed by atoms with Crippen LogP contribution >= 0.6 is 0 Å². The first-order chi connectivity index (χ1) is 15.4. The van der Waals surface area contributed by atoms with Crippen molar-refractivity contribution in [3.05, 3.63) is 100 Å². The fourth-order valence-corrected chi connectivity index (χ4v) is 3.36. The molecule has 32 heavy (non-hydrogen) atoms. The Morgan fingerprint density at radius 2 is 2.03 bits per heavy atom. The number of nitrogens with zero attached hydrogens (tertiary/aromatic N) is 4. The first-order valence-corrected chi connectivity index (χ1v) is 10.0. The van der Waals surface area contributed by atoms with Crippen molar-refractivity contribution in [2.24, 2.45) is 0 Å². The number of carbonyl (C=O) groups is 1. The monoisotopic (exact) mass is 428 g/mol. The number of halogens is 1. The zero-order valence-corrected chi connectivity index (χ0v) is 17.7. The molecule has 7 nitrogen and oxygen atoms in total. The van der Waals surface area contributed by atoms with Crippen molar-refractivity contribution in [2.45, 2.75) is 26.9 Å². The summed E-state index contributed by atoms with van der Waals surface area (Å²) in [5.41, 5.74) is 5.45. The van der Waals surface area contributed by atoms with Crippen LogP contribution < -0.4 is 5.32 Å². The summed E-state index contributed by atoms with van der Waals surface area (Å²) >= 11 is 0. The number of aromatic amines is 1. The summed E-state index contributed by atoms with van der Waals surface area (Å²) in [6, 6.07) is 14.1. The molecule has 2 aromatic carbocycles. The molecule has 8 heteroatoms. The van der Waals surface area contributed by atoms with Gasteiger partial charge in [0.25, 0.3) is 5.91 Å². The number of carbonyl (C=O) groups excluding carboxylic acids is 1. The zero-order chi connectivity index (χ0) is 22.7. The average molecular weight is 428 g/mol. The minimum absolute atomic E-state index is 0.0721. The van der Waals surface area contributed by atoms with E-state index in [9.17, 15) is 9.18 Å². The minimum Gasteiger partial charge on any atom is -0.346 e. The molecule has 0 saturated heterocycles. The molecule has 0 aliphatic rings. The quantitative estimate of drug-likeness (QED) is 0.442. The Bertz CT molecular complexity index is 1330. The average Bonchev–Trinajstić information content (AvgIpc) is 3.42. The number of hydrogen-bond acceptors (Lipinski definition) is 3. The first kappa shape index (κ1) is 21.0. The number of H-pyrrole nitrogens is 1. The van der Waals surface area contributed by atoms with Crippen LogP contribution in [-0.2, 0) is 13.1 Å². The van der Waals surface area contributed by atoms with Crippen LogP contribution in [-0.4, -0.2) is 25.9 Å². The van der Waals surface area contributed by atoms with Crippen LogP contribution in [0.1, 0.15) is 32.9 Å². The molecule has 2 aromatic heterocycles. The zero-order valence-electron chi connectivity index (χ0n) is 17.7. The fraction of sp³-hybridized carbons (Fsp3) is 0.167. The standard InChI is InChI=1S/C24H21FN6O/c1-15-10-18(6-7-21(15)26-3)22-8-9-31(30-22)14-17-4-5-19(20(25)12-17)13-27-24(32)23-11-16(2)28-29-23/h4-12H,13-14H2,1-2H3,(H,27,32)(H,28,29). The van der Waals surface area contributed by atoms with Crippen LogP contribution in [0.25, 0.3) is 16.1 Å². The van der Waals surface area contributed by atoms with Gasteiger partial charge in [0, 0.05) is 24.0 Å². The number of hydrogen-bond donors (Lipinski definition) is 2. The number of aromatic nitrogens is 4. The lowest BCUT2D eigenvalue weighted by atomic mass is 10.1. The fourth-order valence-electron chi connectivity index (χ4n) is 3.36. The third kappa shape index (κ3) is 4.57. The van der Waals surface area contributed by atoms with Gasteiger partial charge in [-0.3, -0.25) is 14.6 Å². The molecule has 160 valence electrons. The molecule has 0 fully saturated rings. The Kier molecular flexibility index (Phi) is 5.81. The molecular formula is C24H21FN6O. The van der Waals surface area contributed by atoms with Gasteiger partial charge in [0.2, 0.25) is 0 Å². The summed E-state index contributed by atoms with van der Waals surface area (Å²) in [5.74, 6) is -0.750. The van der Waals surface area contributed by atoms with E-state index < -0.39 is 5.82 Å². The molecule has 0 saturated carbocycles. The summed E-state index contributed by atoms with van der Waals surface area (Å²) in [5, 5.41) is 13.8. The number of amides is 1. The summed E-state index contributed by atoms with van der Waals surface area (Å²) in [6.07, 6.45) is 1.84. The predicted octanol–water partition coefficient (Wildman–Crippen LogP) is 4.56. The van der Waals surface area contributed by atoms with E-state index in [0.717, 1.165) is 28.1 Å². The second kappa shape index (κ2) is 8.86. The molecular weight excluding hydrogens is 407 g/mol. The third-order valence-electron chi connectivity index (χ3n) is 5.09. The molecule has 4 aromatic rings. The van der Waals surface area contributed by atoms with Crippen molar-refractivity contribution < 1.29 is 9.18 Å². The molecule has 2 heterocycles. The Morgan fingerprint density at radius 1 is 1.19 bits per heavy atom. The SMILES string of the molecule is [C-]#[N+]c1ccc(-c2ccn(Cc3ccc(CNC(=O)c4cc(C)[nH]n4)c(F)c3)n2)cc1C. The van der Waals surface area contributed by atoms with Crippen LogP contribution in [0.3, 0.4) is 0 Å². The van der Waals surface area contributed by atoms with Gasteiger partial charge in [-0.15, -0.1) is 0 Å². The molecule has 4 rings (SSSR count). The minimum atomic E-state index is -0.390. The highest BCUT2D eigenvalue weighted by Crippen LogP contribution is 2.25. The van der Waals surface area contributed by atoms with Gasteiger partial charge in [-0.2, -0.15) is 10.2 Å². The van der Waals surface area contributed by atoms with Crippen LogP contribution in [0.15, 0.2) is 54.7 Å². The number of rotatable bonds is 6. The van der Waals surface area contributed by atoms with Crippen molar-refractivity contribution in [2.75, 3.05) is 0 Å². The number of aryl methyl sites for hydroxylation is 2. The Labute approximate surface area is 184 Å². The molecule has 0 radical (unpaired) electrons. The topological polar surface area (TPSA) is 80.0 Å². The Balaban J connectivity index is 1.41. The molecule has 2 N–H and O–H groups in total. The summed E-state index contributed by atoms with van der Waals surface area (Å²) in [4.78, 5) is 15.6. The van der Waals surface area contributed by atoms with Gasteiger partial charge in [0.15, 0.2) is 5.69 Å². The summed E-state index contributed by atoms with van der Waals surface area (Å²) in [7, 11) is 0. The van der Waals surface area contributed by atoms with Gasteiger partial charge in [-0.1, -0.05) is 30.3 Å². The van der Waals surface area contributed by atoms with E-state index in [0.29, 0.717) is 17.8 Å². The lowest BCUT2D eigenvalue weighted by Crippen LogP contribution is -2.23. The van der Waals surface area contributed by atoms with E-state index in [1.54, 1.807) is 29.8 Å². The lowest BCUT2D eigenvalue weighted by molar-refractivity contribution is 0.0945.